The van der Waals surface area contributed by atoms with E-state index in [1.54, 1.807) is 19.2 Å². The van der Waals surface area contributed by atoms with Crippen molar-refractivity contribution in [3.8, 4) is 11.8 Å². The Balaban J connectivity index is 2.33. The maximum atomic E-state index is 8.90. The minimum absolute atomic E-state index is 0.198. The number of halogens is 1. The van der Waals surface area contributed by atoms with Crippen molar-refractivity contribution in [1.29, 1.82) is 5.26 Å². The lowest BCUT2D eigenvalue weighted by Crippen LogP contribution is -1.99. The minimum Gasteiger partial charge on any atom is -0.497 e. The Labute approximate surface area is 119 Å². The van der Waals surface area contributed by atoms with Gasteiger partial charge in [-0.15, -0.1) is 0 Å². The summed E-state index contributed by atoms with van der Waals surface area (Å²) in [5, 5.41) is 12.0. The fourth-order valence-electron chi connectivity index (χ4n) is 1.49. The van der Waals surface area contributed by atoms with Crippen LogP contribution in [-0.2, 0) is 0 Å². The Morgan fingerprint density at radius 3 is 2.84 bits per heavy atom. The molecule has 1 aromatic heterocycles. The van der Waals surface area contributed by atoms with Crippen molar-refractivity contribution in [2.24, 2.45) is 0 Å². The number of ether oxygens (including phenoxy) is 1. The molecule has 2 rings (SSSR count). The Bertz CT molecular complexity index is 652. The molecule has 0 aliphatic carbocycles. The van der Waals surface area contributed by atoms with Crippen LogP contribution in [0.5, 0.6) is 5.75 Å². The van der Waals surface area contributed by atoms with Crippen LogP contribution in [0.25, 0.3) is 0 Å². The quantitative estimate of drug-likeness (QED) is 0.908. The van der Waals surface area contributed by atoms with Crippen LogP contribution in [0.3, 0.4) is 0 Å². The first-order chi connectivity index (χ1) is 9.13. The number of anilines is 3. The highest BCUT2D eigenvalue weighted by Crippen LogP contribution is 2.29. The van der Waals surface area contributed by atoms with Crippen molar-refractivity contribution >= 4 is 33.1 Å². The molecule has 0 unspecified atom stereocenters. The molecular formula is C13H11BrN4O. The lowest BCUT2D eigenvalue weighted by Gasteiger charge is -2.10. The van der Waals surface area contributed by atoms with E-state index in [0.29, 0.717) is 11.5 Å². The number of rotatable bonds is 3. The van der Waals surface area contributed by atoms with Crippen LogP contribution in [0.1, 0.15) is 5.69 Å². The summed E-state index contributed by atoms with van der Waals surface area (Å²) in [6.07, 6.45) is 0. The average molecular weight is 319 g/mol. The van der Waals surface area contributed by atoms with Crippen LogP contribution in [0, 0.1) is 11.3 Å². The van der Waals surface area contributed by atoms with E-state index in [1.165, 1.54) is 0 Å². The summed E-state index contributed by atoms with van der Waals surface area (Å²) in [5.74, 6) is 1.27. The van der Waals surface area contributed by atoms with Gasteiger partial charge in [0.15, 0.2) is 5.69 Å². The standard InChI is InChI=1S/C13H11BrN4O/c1-19-8-2-3-9(14)11(6-8)17-13-5-4-10(16)12(7-15)18-13/h2-6H,16H2,1H3,(H,17,18). The van der Waals surface area contributed by atoms with Crippen LogP contribution in [-0.4, -0.2) is 12.1 Å². The average Bonchev–Trinajstić information content (AvgIpc) is 2.43. The van der Waals surface area contributed by atoms with Crippen LogP contribution in [0.4, 0.5) is 17.2 Å². The number of nitriles is 1. The Morgan fingerprint density at radius 1 is 1.37 bits per heavy atom. The van der Waals surface area contributed by atoms with Gasteiger partial charge in [0.05, 0.1) is 18.5 Å². The molecule has 0 amide bonds. The number of methoxy groups -OCH3 is 1. The fraction of sp³-hybridized carbons (Fsp3) is 0.0769. The fourth-order valence-corrected chi connectivity index (χ4v) is 1.84. The lowest BCUT2D eigenvalue weighted by molar-refractivity contribution is 0.415. The molecule has 5 nitrogen and oxygen atoms in total. The summed E-state index contributed by atoms with van der Waals surface area (Å²) in [4.78, 5) is 4.12. The van der Waals surface area contributed by atoms with Crippen molar-refractivity contribution < 1.29 is 4.74 Å². The molecule has 0 spiro atoms. The third-order valence-corrected chi connectivity index (χ3v) is 3.16. The van der Waals surface area contributed by atoms with Gasteiger partial charge in [0.25, 0.3) is 0 Å². The number of benzene rings is 1. The summed E-state index contributed by atoms with van der Waals surface area (Å²) >= 11 is 3.43. The zero-order valence-corrected chi connectivity index (χ0v) is 11.7. The summed E-state index contributed by atoms with van der Waals surface area (Å²) in [6, 6.07) is 10.8. The van der Waals surface area contributed by atoms with E-state index in [2.05, 4.69) is 26.2 Å². The van der Waals surface area contributed by atoms with E-state index in [9.17, 15) is 0 Å². The monoisotopic (exact) mass is 318 g/mol. The molecule has 0 saturated carbocycles. The third-order valence-electron chi connectivity index (χ3n) is 2.47. The molecule has 6 heteroatoms. The molecule has 1 heterocycles. The molecule has 0 aliphatic heterocycles. The Morgan fingerprint density at radius 2 is 2.16 bits per heavy atom. The largest absolute Gasteiger partial charge is 0.497 e. The third kappa shape index (κ3) is 2.95. The highest BCUT2D eigenvalue weighted by Gasteiger charge is 2.06. The minimum atomic E-state index is 0.198. The number of nitrogen functional groups attached to an aromatic ring is 1. The van der Waals surface area contributed by atoms with Crippen molar-refractivity contribution in [2.45, 2.75) is 0 Å². The molecule has 2 aromatic rings. The number of nitrogens with one attached hydrogen (secondary N) is 1. The second kappa shape index (κ2) is 5.59. The van der Waals surface area contributed by atoms with Gasteiger partial charge < -0.3 is 15.8 Å². The zero-order valence-electron chi connectivity index (χ0n) is 10.1. The van der Waals surface area contributed by atoms with Gasteiger partial charge in [0, 0.05) is 10.5 Å². The smallest absolute Gasteiger partial charge is 0.165 e. The number of nitrogens with two attached hydrogens (primary N) is 1. The van der Waals surface area contributed by atoms with Gasteiger partial charge in [-0.2, -0.15) is 5.26 Å². The predicted molar refractivity (Wildman–Crippen MR) is 77.3 cm³/mol. The highest BCUT2D eigenvalue weighted by molar-refractivity contribution is 9.10. The maximum Gasteiger partial charge on any atom is 0.165 e. The summed E-state index contributed by atoms with van der Waals surface area (Å²) < 4.78 is 6.02. The van der Waals surface area contributed by atoms with Gasteiger partial charge in [-0.1, -0.05) is 0 Å². The molecule has 0 bridgehead atoms. The summed E-state index contributed by atoms with van der Waals surface area (Å²) in [5.41, 5.74) is 6.98. The summed E-state index contributed by atoms with van der Waals surface area (Å²) in [6.45, 7) is 0. The molecule has 3 N–H and O–H groups in total. The van der Waals surface area contributed by atoms with Crippen LogP contribution < -0.4 is 15.8 Å². The first-order valence-electron chi connectivity index (χ1n) is 5.41. The van der Waals surface area contributed by atoms with Gasteiger partial charge in [0.2, 0.25) is 0 Å². The number of pyridine rings is 1. The summed E-state index contributed by atoms with van der Waals surface area (Å²) in [7, 11) is 1.60. The molecule has 0 fully saturated rings. The molecule has 19 heavy (non-hydrogen) atoms. The maximum absolute atomic E-state index is 8.90. The Kier molecular flexibility index (Phi) is 3.88. The van der Waals surface area contributed by atoms with Crippen molar-refractivity contribution in [3.05, 3.63) is 40.5 Å². The lowest BCUT2D eigenvalue weighted by atomic mass is 10.3. The van der Waals surface area contributed by atoms with Gasteiger partial charge in [0.1, 0.15) is 17.6 Å². The topological polar surface area (TPSA) is 84.0 Å². The van der Waals surface area contributed by atoms with Gasteiger partial charge >= 0.3 is 0 Å². The Hall–Kier alpha value is -2.26. The van der Waals surface area contributed by atoms with Crippen LogP contribution in [0.2, 0.25) is 0 Å². The van der Waals surface area contributed by atoms with Gasteiger partial charge in [-0.25, -0.2) is 4.98 Å². The van der Waals surface area contributed by atoms with Crippen LogP contribution in [0.15, 0.2) is 34.8 Å². The number of hydrogen-bond acceptors (Lipinski definition) is 5. The SMILES string of the molecule is COc1ccc(Br)c(Nc2ccc(N)c(C#N)n2)c1. The predicted octanol–water partition coefficient (Wildman–Crippen LogP) is 3.05. The van der Waals surface area contributed by atoms with E-state index < -0.39 is 0 Å². The number of hydrogen-bond donors (Lipinski definition) is 2. The van der Waals surface area contributed by atoms with E-state index in [4.69, 9.17) is 15.7 Å². The molecule has 0 saturated heterocycles. The second-order valence-corrected chi connectivity index (χ2v) is 4.57. The molecule has 0 atom stereocenters. The molecule has 96 valence electrons. The van der Waals surface area contributed by atoms with Gasteiger partial charge in [-0.3, -0.25) is 0 Å². The molecular weight excluding hydrogens is 308 g/mol. The number of nitrogens with zero attached hydrogens (tertiary/aromatic N) is 2. The van der Waals surface area contributed by atoms with E-state index >= 15 is 0 Å². The van der Waals surface area contributed by atoms with E-state index in [1.807, 2.05) is 24.3 Å². The van der Waals surface area contributed by atoms with Crippen molar-refractivity contribution in [2.75, 3.05) is 18.2 Å². The van der Waals surface area contributed by atoms with Crippen LogP contribution >= 0.6 is 15.9 Å². The van der Waals surface area contributed by atoms with Crippen molar-refractivity contribution in [3.63, 3.8) is 0 Å². The van der Waals surface area contributed by atoms with Gasteiger partial charge in [-0.05, 0) is 40.2 Å². The van der Waals surface area contributed by atoms with Crippen molar-refractivity contribution in [1.82, 2.24) is 4.98 Å². The van der Waals surface area contributed by atoms with E-state index in [0.717, 1.165) is 15.9 Å². The second-order valence-electron chi connectivity index (χ2n) is 3.72. The molecule has 0 radical (unpaired) electrons. The zero-order chi connectivity index (χ0) is 13.8. The first kappa shape index (κ1) is 13.2. The normalized spacial score (nSPS) is 9.74. The first-order valence-corrected chi connectivity index (χ1v) is 6.20. The number of aromatic nitrogens is 1. The molecule has 0 aliphatic rings. The van der Waals surface area contributed by atoms with E-state index in [-0.39, 0.29) is 5.69 Å². The molecule has 1 aromatic carbocycles. The highest BCUT2D eigenvalue weighted by atomic mass is 79.9.